The van der Waals surface area contributed by atoms with Crippen molar-refractivity contribution in [1.82, 2.24) is 4.90 Å². The van der Waals surface area contributed by atoms with E-state index in [0.717, 1.165) is 42.4 Å². The molecular weight excluding hydrogens is 238 g/mol. The number of carbonyl (C=O) groups is 1. The van der Waals surface area contributed by atoms with Crippen molar-refractivity contribution in [3.05, 3.63) is 29.3 Å². The summed E-state index contributed by atoms with van der Waals surface area (Å²) in [7, 11) is 1.69. The van der Waals surface area contributed by atoms with Crippen molar-refractivity contribution >= 4 is 5.78 Å². The predicted octanol–water partition coefficient (Wildman–Crippen LogP) is 3.27. The van der Waals surface area contributed by atoms with Crippen molar-refractivity contribution < 1.29 is 9.53 Å². The molecule has 1 aliphatic rings. The van der Waals surface area contributed by atoms with E-state index in [2.05, 4.69) is 11.8 Å². The third-order valence-electron chi connectivity index (χ3n) is 3.63. The van der Waals surface area contributed by atoms with Crippen molar-refractivity contribution in [2.45, 2.75) is 45.7 Å². The van der Waals surface area contributed by atoms with Crippen LogP contribution >= 0.6 is 0 Å². The van der Waals surface area contributed by atoms with Crippen molar-refractivity contribution in [2.24, 2.45) is 0 Å². The molecule has 0 atom stereocenters. The lowest BCUT2D eigenvalue weighted by Gasteiger charge is -2.22. The summed E-state index contributed by atoms with van der Waals surface area (Å²) >= 11 is 0. The zero-order chi connectivity index (χ0) is 13.8. The van der Waals surface area contributed by atoms with Gasteiger partial charge < -0.3 is 4.74 Å². The topological polar surface area (TPSA) is 29.5 Å². The van der Waals surface area contributed by atoms with E-state index in [9.17, 15) is 4.79 Å². The molecule has 19 heavy (non-hydrogen) atoms. The van der Waals surface area contributed by atoms with Crippen LogP contribution in [-0.2, 0) is 6.54 Å². The maximum Gasteiger partial charge on any atom is 0.159 e. The van der Waals surface area contributed by atoms with E-state index in [1.54, 1.807) is 14.0 Å². The van der Waals surface area contributed by atoms with E-state index in [1.165, 1.54) is 12.8 Å². The number of carbonyl (C=O) groups excluding carboxylic acids is 1. The van der Waals surface area contributed by atoms with Gasteiger partial charge in [0.1, 0.15) is 5.75 Å². The first-order chi connectivity index (χ1) is 9.15. The number of methoxy groups -OCH3 is 1. The van der Waals surface area contributed by atoms with Gasteiger partial charge in [0.2, 0.25) is 0 Å². The second-order valence-electron chi connectivity index (χ2n) is 5.28. The highest BCUT2D eigenvalue weighted by molar-refractivity contribution is 5.94. The van der Waals surface area contributed by atoms with Gasteiger partial charge in [0.05, 0.1) is 7.11 Å². The van der Waals surface area contributed by atoms with Gasteiger partial charge in [0.15, 0.2) is 5.78 Å². The first-order valence-electron chi connectivity index (χ1n) is 7.07. The lowest BCUT2D eigenvalue weighted by molar-refractivity contribution is 0.101. The number of Topliss-reactive ketones (excluding diaryl/α,β-unsaturated/α-hetero) is 1. The first-order valence-corrected chi connectivity index (χ1v) is 7.07. The van der Waals surface area contributed by atoms with Gasteiger partial charge in [-0.3, -0.25) is 9.69 Å². The average Bonchev–Trinajstić information content (AvgIpc) is 3.22. The second-order valence-corrected chi connectivity index (χ2v) is 5.28. The molecule has 104 valence electrons. The zero-order valence-electron chi connectivity index (χ0n) is 12.1. The fourth-order valence-corrected chi connectivity index (χ4v) is 2.46. The molecule has 0 aliphatic heterocycles. The van der Waals surface area contributed by atoms with E-state index >= 15 is 0 Å². The highest BCUT2D eigenvalue weighted by Gasteiger charge is 2.28. The molecule has 1 saturated carbocycles. The highest BCUT2D eigenvalue weighted by Crippen LogP contribution is 2.30. The van der Waals surface area contributed by atoms with Crippen LogP contribution in [0.15, 0.2) is 18.2 Å². The molecule has 0 saturated heterocycles. The van der Waals surface area contributed by atoms with Gasteiger partial charge in [-0.25, -0.2) is 0 Å². The normalized spacial score (nSPS) is 14.7. The third-order valence-corrected chi connectivity index (χ3v) is 3.63. The van der Waals surface area contributed by atoms with E-state index < -0.39 is 0 Å². The van der Waals surface area contributed by atoms with Crippen LogP contribution in [0, 0.1) is 0 Å². The molecule has 0 radical (unpaired) electrons. The maximum absolute atomic E-state index is 11.5. The lowest BCUT2D eigenvalue weighted by atomic mass is 10.1. The van der Waals surface area contributed by atoms with Gasteiger partial charge in [0, 0.05) is 23.7 Å². The van der Waals surface area contributed by atoms with E-state index in [0.29, 0.717) is 0 Å². The third kappa shape index (κ3) is 3.57. The summed E-state index contributed by atoms with van der Waals surface area (Å²) in [5, 5.41) is 0. The fourth-order valence-electron chi connectivity index (χ4n) is 2.46. The van der Waals surface area contributed by atoms with E-state index in [-0.39, 0.29) is 5.78 Å². The van der Waals surface area contributed by atoms with Crippen molar-refractivity contribution in [2.75, 3.05) is 13.7 Å². The van der Waals surface area contributed by atoms with E-state index in [1.807, 2.05) is 18.2 Å². The number of hydrogen-bond donors (Lipinski definition) is 0. The van der Waals surface area contributed by atoms with Crippen LogP contribution in [0.2, 0.25) is 0 Å². The Balaban J connectivity index is 2.20. The van der Waals surface area contributed by atoms with Gasteiger partial charge >= 0.3 is 0 Å². The van der Waals surface area contributed by atoms with E-state index in [4.69, 9.17) is 4.74 Å². The molecule has 0 N–H and O–H groups in total. The summed E-state index contributed by atoms with van der Waals surface area (Å²) in [5.41, 5.74) is 1.89. The molecule has 1 aliphatic carbocycles. The molecule has 0 amide bonds. The fraction of sp³-hybridized carbons (Fsp3) is 0.562. The Kier molecular flexibility index (Phi) is 4.59. The standard InChI is InChI=1S/C16H23NO2/c1-4-9-17(15-6-7-15)11-14-10-13(12(2)18)5-8-16(14)19-3/h5,8,10,15H,4,6-7,9,11H2,1-3H3. The summed E-state index contributed by atoms with van der Waals surface area (Å²) in [5.74, 6) is 0.990. The molecule has 0 unspecified atom stereocenters. The molecule has 1 aromatic rings. The number of hydrogen-bond acceptors (Lipinski definition) is 3. The van der Waals surface area contributed by atoms with Gasteiger partial charge in [-0.15, -0.1) is 0 Å². The Hall–Kier alpha value is -1.35. The van der Waals surface area contributed by atoms with Gasteiger partial charge in [-0.1, -0.05) is 6.92 Å². The molecule has 3 heteroatoms. The molecule has 0 aromatic heterocycles. The SMILES string of the molecule is CCCN(Cc1cc(C(C)=O)ccc1OC)C1CC1. The first kappa shape index (κ1) is 14.1. The number of ether oxygens (including phenoxy) is 1. The average molecular weight is 261 g/mol. The molecule has 1 aromatic carbocycles. The lowest BCUT2D eigenvalue weighted by Crippen LogP contribution is -2.26. The number of benzene rings is 1. The number of nitrogens with zero attached hydrogens (tertiary/aromatic N) is 1. The van der Waals surface area contributed by atoms with Gasteiger partial charge in [-0.05, 0) is 50.9 Å². The molecule has 1 fully saturated rings. The predicted molar refractivity (Wildman–Crippen MR) is 76.7 cm³/mol. The summed E-state index contributed by atoms with van der Waals surface area (Å²) in [4.78, 5) is 14.0. The minimum atomic E-state index is 0.109. The highest BCUT2D eigenvalue weighted by atomic mass is 16.5. The minimum absolute atomic E-state index is 0.109. The second kappa shape index (κ2) is 6.20. The van der Waals surface area contributed by atoms with Crippen molar-refractivity contribution in [3.63, 3.8) is 0 Å². The summed E-state index contributed by atoms with van der Waals surface area (Å²) in [6.07, 6.45) is 3.76. The Labute approximate surface area is 115 Å². The van der Waals surface area contributed by atoms with Crippen LogP contribution in [0.4, 0.5) is 0 Å². The van der Waals surface area contributed by atoms with Crippen molar-refractivity contribution in [1.29, 1.82) is 0 Å². The Bertz CT molecular complexity index is 452. The number of ketones is 1. The van der Waals surface area contributed by atoms with Crippen LogP contribution in [0.1, 0.15) is 49.0 Å². The summed E-state index contributed by atoms with van der Waals surface area (Å²) in [6, 6.07) is 6.45. The van der Waals surface area contributed by atoms with Crippen molar-refractivity contribution in [3.8, 4) is 5.75 Å². The molecule has 2 rings (SSSR count). The smallest absolute Gasteiger partial charge is 0.159 e. The maximum atomic E-state index is 11.5. The Morgan fingerprint density at radius 1 is 1.42 bits per heavy atom. The molecule has 0 bridgehead atoms. The minimum Gasteiger partial charge on any atom is -0.496 e. The quantitative estimate of drug-likeness (QED) is 0.705. The largest absolute Gasteiger partial charge is 0.496 e. The monoisotopic (exact) mass is 261 g/mol. The summed E-state index contributed by atoms with van der Waals surface area (Å²) in [6.45, 7) is 5.80. The number of rotatable bonds is 7. The Morgan fingerprint density at radius 3 is 2.68 bits per heavy atom. The summed E-state index contributed by atoms with van der Waals surface area (Å²) < 4.78 is 5.42. The molecule has 3 nitrogen and oxygen atoms in total. The van der Waals surface area contributed by atoms with Crippen LogP contribution in [-0.4, -0.2) is 30.4 Å². The van der Waals surface area contributed by atoms with Crippen LogP contribution < -0.4 is 4.74 Å². The van der Waals surface area contributed by atoms with Gasteiger partial charge in [0.25, 0.3) is 0 Å². The van der Waals surface area contributed by atoms with Crippen LogP contribution in [0.3, 0.4) is 0 Å². The molecular formula is C16H23NO2. The van der Waals surface area contributed by atoms with Crippen LogP contribution in [0.5, 0.6) is 5.75 Å². The zero-order valence-corrected chi connectivity index (χ0v) is 12.1. The van der Waals surface area contributed by atoms with Crippen LogP contribution in [0.25, 0.3) is 0 Å². The molecule has 0 heterocycles. The van der Waals surface area contributed by atoms with Gasteiger partial charge in [-0.2, -0.15) is 0 Å². The molecule has 0 spiro atoms. The Morgan fingerprint density at radius 2 is 2.16 bits per heavy atom.